The van der Waals surface area contributed by atoms with Crippen LogP contribution in [0, 0.1) is 0 Å². The van der Waals surface area contributed by atoms with Crippen molar-refractivity contribution in [2.45, 2.75) is 13.3 Å². The summed E-state index contributed by atoms with van der Waals surface area (Å²) >= 11 is 0. The summed E-state index contributed by atoms with van der Waals surface area (Å²) in [6, 6.07) is 12.3. The highest BCUT2D eigenvalue weighted by atomic mass is 16.5. The molecule has 2 rings (SSSR count). The molecule has 2 N–H and O–H groups in total. The molecular weight excluding hydrogens is 304 g/mol. The van der Waals surface area contributed by atoms with Crippen molar-refractivity contribution >= 4 is 29.3 Å². The molecule has 2 amide bonds. The maximum absolute atomic E-state index is 12.3. The molecule has 2 aromatic rings. The van der Waals surface area contributed by atoms with Crippen LogP contribution in [0.3, 0.4) is 0 Å². The lowest BCUT2D eigenvalue weighted by atomic mass is 10.1. The zero-order valence-electron chi connectivity index (χ0n) is 13.8. The molecule has 0 atom stereocenters. The summed E-state index contributed by atoms with van der Waals surface area (Å²) in [5, 5.41) is 5.56. The average molecular weight is 324 g/mol. The third-order valence-electron chi connectivity index (χ3n) is 3.47. The smallest absolute Gasteiger partial charge is 0.323 e. The van der Waals surface area contributed by atoms with Crippen LogP contribution >= 0.6 is 0 Å². The maximum Gasteiger partial charge on any atom is 0.323 e. The quantitative estimate of drug-likeness (QED) is 0.786. The highest BCUT2D eigenvalue weighted by Gasteiger charge is 2.10. The molecule has 0 heterocycles. The zero-order chi connectivity index (χ0) is 17.5. The van der Waals surface area contributed by atoms with Crippen molar-refractivity contribution in [2.75, 3.05) is 17.7 Å². The second kappa shape index (κ2) is 7.97. The number of methoxy groups -OCH3 is 1. The second-order valence-electron chi connectivity index (χ2n) is 5.31. The predicted octanol–water partition coefficient (Wildman–Crippen LogP) is 4.11. The van der Waals surface area contributed by atoms with Gasteiger partial charge in [-0.25, -0.2) is 4.79 Å². The van der Waals surface area contributed by atoms with Crippen molar-refractivity contribution in [1.82, 2.24) is 0 Å². The first-order chi connectivity index (χ1) is 11.5. The van der Waals surface area contributed by atoms with Crippen LogP contribution in [0.1, 0.15) is 18.1 Å². The zero-order valence-corrected chi connectivity index (χ0v) is 13.8. The summed E-state index contributed by atoms with van der Waals surface area (Å²) < 4.78 is 5.27. The summed E-state index contributed by atoms with van der Waals surface area (Å²) in [6.45, 7) is 5.79. The minimum atomic E-state index is -0.384. The molecule has 0 saturated carbocycles. The van der Waals surface area contributed by atoms with Crippen molar-refractivity contribution in [2.24, 2.45) is 0 Å². The Kier molecular flexibility index (Phi) is 5.73. The monoisotopic (exact) mass is 324 g/mol. The number of hydrogen-bond acceptors (Lipinski definition) is 3. The molecule has 0 spiro atoms. The molecule has 0 aliphatic carbocycles. The van der Waals surface area contributed by atoms with E-state index >= 15 is 0 Å². The molecule has 124 valence electrons. The van der Waals surface area contributed by atoms with E-state index in [1.165, 1.54) is 7.11 Å². The molecule has 2 aromatic carbocycles. The Morgan fingerprint density at radius 2 is 1.88 bits per heavy atom. The van der Waals surface area contributed by atoms with E-state index < -0.39 is 0 Å². The minimum absolute atomic E-state index is 0.300. The number of carbonyl (C=O) groups is 2. The fourth-order valence-corrected chi connectivity index (χ4v) is 2.30. The molecule has 24 heavy (non-hydrogen) atoms. The van der Waals surface area contributed by atoms with Crippen molar-refractivity contribution < 1.29 is 14.3 Å². The highest BCUT2D eigenvalue weighted by Crippen LogP contribution is 2.27. The summed E-state index contributed by atoms with van der Waals surface area (Å²) in [5.74, 6) is 0.498. The van der Waals surface area contributed by atoms with Crippen LogP contribution in [0.5, 0.6) is 5.75 Å². The molecule has 0 saturated heterocycles. The number of nitrogens with one attached hydrogen (secondary N) is 2. The van der Waals surface area contributed by atoms with Crippen molar-refractivity contribution in [3.63, 3.8) is 0 Å². The molecule has 0 aliphatic rings. The van der Waals surface area contributed by atoms with Crippen LogP contribution in [0.25, 0.3) is 5.57 Å². The Bertz CT molecular complexity index is 769. The van der Waals surface area contributed by atoms with Crippen LogP contribution < -0.4 is 15.4 Å². The van der Waals surface area contributed by atoms with Crippen LogP contribution in [-0.2, 0) is 11.2 Å². The fourth-order valence-electron chi connectivity index (χ4n) is 2.30. The lowest BCUT2D eigenvalue weighted by molar-refractivity contribution is -0.107. The van der Waals surface area contributed by atoms with Gasteiger partial charge in [0.25, 0.3) is 0 Å². The number of urea groups is 1. The number of rotatable bonds is 6. The molecule has 5 heteroatoms. The maximum atomic E-state index is 12.3. The van der Waals surface area contributed by atoms with E-state index in [0.717, 1.165) is 23.0 Å². The standard InChI is InChI=1S/C19H20N2O3/c1-13(2)15-6-4-5-7-16(15)20-19(23)21-17-9-8-14(10-11-22)12-18(17)24-3/h4-9,11-12H,1,10H2,2-3H3,(H2,20,21,23). The number of amides is 2. The predicted molar refractivity (Wildman–Crippen MR) is 96.6 cm³/mol. The van der Waals surface area contributed by atoms with E-state index in [-0.39, 0.29) is 6.03 Å². The summed E-state index contributed by atoms with van der Waals surface area (Å²) in [5.41, 5.74) is 3.76. The number of ether oxygens (including phenoxy) is 1. The summed E-state index contributed by atoms with van der Waals surface area (Å²) in [6.07, 6.45) is 1.12. The number of benzene rings is 2. The average Bonchev–Trinajstić information content (AvgIpc) is 2.56. The van der Waals surface area contributed by atoms with Crippen molar-refractivity contribution in [3.8, 4) is 5.75 Å². The Labute approximate surface area is 141 Å². The van der Waals surface area contributed by atoms with Gasteiger partial charge in [-0.1, -0.05) is 30.8 Å². The lowest BCUT2D eigenvalue weighted by Crippen LogP contribution is -2.20. The lowest BCUT2D eigenvalue weighted by Gasteiger charge is -2.14. The molecule has 0 aromatic heterocycles. The van der Waals surface area contributed by atoms with Gasteiger partial charge in [0, 0.05) is 17.7 Å². The topological polar surface area (TPSA) is 67.4 Å². The van der Waals surface area contributed by atoms with Gasteiger partial charge < -0.3 is 20.2 Å². The molecule has 0 bridgehead atoms. The van der Waals surface area contributed by atoms with Gasteiger partial charge in [-0.05, 0) is 36.3 Å². The second-order valence-corrected chi connectivity index (χ2v) is 5.31. The van der Waals surface area contributed by atoms with Gasteiger partial charge in [-0.2, -0.15) is 0 Å². The number of aldehydes is 1. The Hall–Kier alpha value is -3.08. The number of para-hydroxylation sites is 1. The first-order valence-electron chi connectivity index (χ1n) is 7.48. The summed E-state index contributed by atoms with van der Waals surface area (Å²) in [4.78, 5) is 22.9. The van der Waals surface area contributed by atoms with Gasteiger partial charge in [0.05, 0.1) is 12.8 Å². The largest absolute Gasteiger partial charge is 0.495 e. The van der Waals surface area contributed by atoms with Crippen molar-refractivity contribution in [1.29, 1.82) is 0 Å². The Morgan fingerprint density at radius 3 is 2.54 bits per heavy atom. The van der Waals surface area contributed by atoms with Gasteiger partial charge in [-0.15, -0.1) is 0 Å². The van der Waals surface area contributed by atoms with E-state index in [1.807, 2.05) is 31.2 Å². The van der Waals surface area contributed by atoms with Gasteiger partial charge in [0.2, 0.25) is 0 Å². The molecule has 0 fully saturated rings. The Balaban J connectivity index is 2.15. The van der Waals surface area contributed by atoms with Crippen LogP contribution in [0.4, 0.5) is 16.2 Å². The van der Waals surface area contributed by atoms with E-state index in [1.54, 1.807) is 18.2 Å². The van der Waals surface area contributed by atoms with Crippen LogP contribution in [0.2, 0.25) is 0 Å². The third-order valence-corrected chi connectivity index (χ3v) is 3.47. The Morgan fingerprint density at radius 1 is 1.17 bits per heavy atom. The van der Waals surface area contributed by atoms with E-state index in [4.69, 9.17) is 4.74 Å². The van der Waals surface area contributed by atoms with Gasteiger partial charge >= 0.3 is 6.03 Å². The molecule has 0 radical (unpaired) electrons. The van der Waals surface area contributed by atoms with Gasteiger partial charge in [0.1, 0.15) is 12.0 Å². The van der Waals surface area contributed by atoms with Gasteiger partial charge in [-0.3, -0.25) is 0 Å². The fraction of sp³-hybridized carbons (Fsp3) is 0.158. The van der Waals surface area contributed by atoms with E-state index in [0.29, 0.717) is 23.5 Å². The first kappa shape index (κ1) is 17.3. The third kappa shape index (κ3) is 4.23. The van der Waals surface area contributed by atoms with E-state index in [2.05, 4.69) is 17.2 Å². The molecule has 0 unspecified atom stereocenters. The van der Waals surface area contributed by atoms with E-state index in [9.17, 15) is 9.59 Å². The molecule has 0 aliphatic heterocycles. The van der Waals surface area contributed by atoms with Crippen molar-refractivity contribution in [3.05, 3.63) is 60.2 Å². The van der Waals surface area contributed by atoms with Gasteiger partial charge in [0.15, 0.2) is 0 Å². The number of carbonyl (C=O) groups excluding carboxylic acids is 2. The van der Waals surface area contributed by atoms with Crippen LogP contribution in [0.15, 0.2) is 49.0 Å². The highest BCUT2D eigenvalue weighted by molar-refractivity contribution is 6.02. The van der Waals surface area contributed by atoms with Crippen LogP contribution in [-0.4, -0.2) is 19.4 Å². The first-order valence-corrected chi connectivity index (χ1v) is 7.48. The minimum Gasteiger partial charge on any atom is -0.495 e. The molecular formula is C19H20N2O3. The SMILES string of the molecule is C=C(C)c1ccccc1NC(=O)Nc1ccc(CC=O)cc1OC. The normalized spacial score (nSPS) is 9.92. The number of anilines is 2. The summed E-state index contributed by atoms with van der Waals surface area (Å²) in [7, 11) is 1.51. The number of hydrogen-bond donors (Lipinski definition) is 2. The number of allylic oxidation sites excluding steroid dienone is 1. The molecule has 5 nitrogen and oxygen atoms in total.